The van der Waals surface area contributed by atoms with Gasteiger partial charge in [-0.05, 0) is 12.1 Å². The molecular formula is C11H12FNO2. The van der Waals surface area contributed by atoms with E-state index in [-0.39, 0.29) is 18.1 Å². The topological polar surface area (TPSA) is 53.2 Å². The Bertz CT molecular complexity index is 373. The molecule has 1 rings (SSSR count). The predicted octanol–water partition coefficient (Wildman–Crippen LogP) is 1.70. The van der Waals surface area contributed by atoms with Crippen molar-refractivity contribution in [2.45, 2.75) is 6.92 Å². The standard InChI is InChI=1S/C11H12FNO2/c1-8(6-14)7-15-10-3-2-9(5-13)11(12)4-10/h2-4,8,14H,6-7H2,1H3. The van der Waals surface area contributed by atoms with E-state index < -0.39 is 5.82 Å². The van der Waals surface area contributed by atoms with Crippen molar-refractivity contribution in [1.29, 1.82) is 5.26 Å². The summed E-state index contributed by atoms with van der Waals surface area (Å²) in [4.78, 5) is 0. The molecule has 0 bridgehead atoms. The van der Waals surface area contributed by atoms with Crippen LogP contribution in [0.1, 0.15) is 12.5 Å². The third-order valence-electron chi connectivity index (χ3n) is 1.91. The lowest BCUT2D eigenvalue weighted by Crippen LogP contribution is -2.12. The van der Waals surface area contributed by atoms with Crippen LogP contribution in [0.25, 0.3) is 0 Å². The Balaban J connectivity index is 2.64. The van der Waals surface area contributed by atoms with E-state index in [0.717, 1.165) is 0 Å². The summed E-state index contributed by atoms with van der Waals surface area (Å²) in [6.07, 6.45) is 0. The van der Waals surface area contributed by atoms with Crippen LogP contribution in [0.5, 0.6) is 5.75 Å². The van der Waals surface area contributed by atoms with E-state index in [2.05, 4.69) is 0 Å². The van der Waals surface area contributed by atoms with Gasteiger partial charge in [0, 0.05) is 18.6 Å². The van der Waals surface area contributed by atoms with Gasteiger partial charge in [-0.3, -0.25) is 0 Å². The number of halogens is 1. The fourth-order valence-corrected chi connectivity index (χ4v) is 0.967. The average molecular weight is 209 g/mol. The molecule has 0 amide bonds. The molecule has 1 atom stereocenters. The molecule has 1 aromatic rings. The molecular weight excluding hydrogens is 197 g/mol. The van der Waals surface area contributed by atoms with Crippen molar-refractivity contribution >= 4 is 0 Å². The second-order valence-electron chi connectivity index (χ2n) is 3.35. The van der Waals surface area contributed by atoms with Crippen molar-refractivity contribution < 1.29 is 14.2 Å². The lowest BCUT2D eigenvalue weighted by molar-refractivity contribution is 0.174. The lowest BCUT2D eigenvalue weighted by atomic mass is 10.2. The predicted molar refractivity (Wildman–Crippen MR) is 52.9 cm³/mol. The molecule has 0 heterocycles. The number of hydrogen-bond donors (Lipinski definition) is 1. The molecule has 15 heavy (non-hydrogen) atoms. The van der Waals surface area contributed by atoms with Gasteiger partial charge in [-0.2, -0.15) is 5.26 Å². The molecule has 0 aromatic heterocycles. The molecule has 0 aliphatic rings. The number of hydrogen-bond acceptors (Lipinski definition) is 3. The maximum atomic E-state index is 13.1. The number of rotatable bonds is 4. The normalized spacial score (nSPS) is 11.9. The fourth-order valence-electron chi connectivity index (χ4n) is 0.967. The Hall–Kier alpha value is -1.60. The minimum atomic E-state index is -0.591. The Kier molecular flexibility index (Phi) is 4.07. The first-order chi connectivity index (χ1) is 7.17. The van der Waals surface area contributed by atoms with Gasteiger partial charge < -0.3 is 9.84 Å². The molecule has 0 aliphatic carbocycles. The summed E-state index contributed by atoms with van der Waals surface area (Å²) in [6, 6.07) is 5.80. The summed E-state index contributed by atoms with van der Waals surface area (Å²) in [6.45, 7) is 2.17. The number of aliphatic hydroxyl groups is 1. The number of nitriles is 1. The van der Waals surface area contributed by atoms with Gasteiger partial charge >= 0.3 is 0 Å². The van der Waals surface area contributed by atoms with Crippen LogP contribution in [0.2, 0.25) is 0 Å². The number of nitrogens with zero attached hydrogens (tertiary/aromatic N) is 1. The summed E-state index contributed by atoms with van der Waals surface area (Å²) < 4.78 is 18.3. The van der Waals surface area contributed by atoms with Gasteiger partial charge in [-0.1, -0.05) is 6.92 Å². The van der Waals surface area contributed by atoms with Gasteiger partial charge in [0.15, 0.2) is 0 Å². The summed E-state index contributed by atoms with van der Waals surface area (Å²) in [7, 11) is 0. The molecule has 0 aliphatic heterocycles. The molecule has 1 aromatic carbocycles. The van der Waals surface area contributed by atoms with Crippen LogP contribution in [0, 0.1) is 23.1 Å². The summed E-state index contributed by atoms with van der Waals surface area (Å²) in [5.41, 5.74) is -0.00226. The minimum absolute atomic E-state index is 0.00226. The van der Waals surface area contributed by atoms with E-state index in [1.807, 2.05) is 6.92 Å². The van der Waals surface area contributed by atoms with E-state index >= 15 is 0 Å². The fraction of sp³-hybridized carbons (Fsp3) is 0.364. The molecule has 1 unspecified atom stereocenters. The third kappa shape index (κ3) is 3.22. The van der Waals surface area contributed by atoms with Gasteiger partial charge in [0.25, 0.3) is 0 Å². The maximum absolute atomic E-state index is 13.1. The van der Waals surface area contributed by atoms with E-state index in [4.69, 9.17) is 15.1 Å². The molecule has 80 valence electrons. The van der Waals surface area contributed by atoms with Crippen molar-refractivity contribution in [3.8, 4) is 11.8 Å². The van der Waals surface area contributed by atoms with Crippen LogP contribution in [0.15, 0.2) is 18.2 Å². The van der Waals surface area contributed by atoms with E-state index in [9.17, 15) is 4.39 Å². The van der Waals surface area contributed by atoms with Crippen molar-refractivity contribution in [1.82, 2.24) is 0 Å². The third-order valence-corrected chi connectivity index (χ3v) is 1.91. The Labute approximate surface area is 87.7 Å². The second-order valence-corrected chi connectivity index (χ2v) is 3.35. The number of benzene rings is 1. The molecule has 3 nitrogen and oxygen atoms in total. The quantitative estimate of drug-likeness (QED) is 0.821. The van der Waals surface area contributed by atoms with Gasteiger partial charge in [0.05, 0.1) is 12.2 Å². The zero-order chi connectivity index (χ0) is 11.3. The maximum Gasteiger partial charge on any atom is 0.144 e. The highest BCUT2D eigenvalue weighted by Crippen LogP contribution is 2.16. The molecule has 0 radical (unpaired) electrons. The van der Waals surface area contributed by atoms with Gasteiger partial charge in [0.1, 0.15) is 17.6 Å². The zero-order valence-electron chi connectivity index (χ0n) is 8.40. The van der Waals surface area contributed by atoms with Crippen molar-refractivity contribution in [2.24, 2.45) is 5.92 Å². The summed E-state index contributed by atoms with van der Waals surface area (Å²) in [5.74, 6) is -0.220. The van der Waals surface area contributed by atoms with E-state index in [1.165, 1.54) is 18.2 Å². The van der Waals surface area contributed by atoms with Crippen LogP contribution < -0.4 is 4.74 Å². The van der Waals surface area contributed by atoms with E-state index in [1.54, 1.807) is 6.07 Å². The van der Waals surface area contributed by atoms with Crippen LogP contribution >= 0.6 is 0 Å². The summed E-state index contributed by atoms with van der Waals surface area (Å²) >= 11 is 0. The molecule has 0 fully saturated rings. The highest BCUT2D eigenvalue weighted by molar-refractivity contribution is 5.36. The molecule has 4 heteroatoms. The highest BCUT2D eigenvalue weighted by atomic mass is 19.1. The molecule has 0 saturated heterocycles. The smallest absolute Gasteiger partial charge is 0.144 e. The first kappa shape index (κ1) is 11.5. The average Bonchev–Trinajstić information content (AvgIpc) is 2.26. The zero-order valence-corrected chi connectivity index (χ0v) is 8.40. The molecule has 1 N–H and O–H groups in total. The monoisotopic (exact) mass is 209 g/mol. The Morgan fingerprint density at radius 1 is 1.60 bits per heavy atom. The lowest BCUT2D eigenvalue weighted by Gasteiger charge is -2.10. The SMILES string of the molecule is CC(CO)COc1ccc(C#N)c(F)c1. The van der Waals surface area contributed by atoms with Crippen molar-refractivity contribution in [3.05, 3.63) is 29.6 Å². The highest BCUT2D eigenvalue weighted by Gasteiger charge is 2.05. The van der Waals surface area contributed by atoms with Crippen LogP contribution in [0.4, 0.5) is 4.39 Å². The number of ether oxygens (including phenoxy) is 1. The summed E-state index contributed by atoms with van der Waals surface area (Å²) in [5, 5.41) is 17.3. The number of aliphatic hydroxyl groups excluding tert-OH is 1. The Morgan fingerprint density at radius 2 is 2.33 bits per heavy atom. The van der Waals surface area contributed by atoms with Crippen LogP contribution in [-0.4, -0.2) is 18.3 Å². The van der Waals surface area contributed by atoms with Gasteiger partial charge in [0.2, 0.25) is 0 Å². The van der Waals surface area contributed by atoms with Gasteiger partial charge in [-0.15, -0.1) is 0 Å². The first-order valence-corrected chi connectivity index (χ1v) is 4.60. The van der Waals surface area contributed by atoms with Crippen LogP contribution in [-0.2, 0) is 0 Å². The first-order valence-electron chi connectivity index (χ1n) is 4.60. The van der Waals surface area contributed by atoms with Crippen LogP contribution in [0.3, 0.4) is 0 Å². The molecule has 0 saturated carbocycles. The van der Waals surface area contributed by atoms with Crippen molar-refractivity contribution in [3.63, 3.8) is 0 Å². The Morgan fingerprint density at radius 3 is 2.87 bits per heavy atom. The van der Waals surface area contributed by atoms with E-state index in [0.29, 0.717) is 12.4 Å². The molecule has 0 spiro atoms. The largest absolute Gasteiger partial charge is 0.493 e. The second kappa shape index (κ2) is 5.32. The minimum Gasteiger partial charge on any atom is -0.493 e. The van der Waals surface area contributed by atoms with Gasteiger partial charge in [-0.25, -0.2) is 4.39 Å². The van der Waals surface area contributed by atoms with Crippen molar-refractivity contribution in [2.75, 3.05) is 13.2 Å².